The fraction of sp³-hybridized carbons (Fsp3) is 0.533. The fourth-order valence-corrected chi connectivity index (χ4v) is 1.69. The van der Waals surface area contributed by atoms with Crippen LogP contribution in [0.25, 0.3) is 0 Å². The van der Waals surface area contributed by atoms with Gasteiger partial charge in [-0.25, -0.2) is 0 Å². The van der Waals surface area contributed by atoms with Gasteiger partial charge in [-0.3, -0.25) is 4.79 Å². The normalized spacial score (nSPS) is 12.9. The molecule has 0 bridgehead atoms. The van der Waals surface area contributed by atoms with Crippen LogP contribution in [-0.4, -0.2) is 31.0 Å². The monoisotopic (exact) mass is 264 g/mol. The minimum absolute atomic E-state index is 0.0386. The molecule has 4 nitrogen and oxygen atoms in total. The van der Waals surface area contributed by atoms with E-state index in [1.54, 1.807) is 19.1 Å². The van der Waals surface area contributed by atoms with Crippen molar-refractivity contribution in [2.75, 3.05) is 14.2 Å². The summed E-state index contributed by atoms with van der Waals surface area (Å²) >= 11 is 0. The van der Waals surface area contributed by atoms with Crippen molar-refractivity contribution in [3.8, 4) is 5.75 Å². The molecule has 0 spiro atoms. The minimum Gasteiger partial charge on any atom is -0.497 e. The van der Waals surface area contributed by atoms with Crippen molar-refractivity contribution in [2.45, 2.75) is 33.4 Å². The smallest absolute Gasteiger partial charge is 0.240 e. The van der Waals surface area contributed by atoms with Crippen molar-refractivity contribution in [3.63, 3.8) is 0 Å². The Bertz CT molecular complexity index is 421. The minimum atomic E-state index is -0.490. The highest BCUT2D eigenvalue weighted by atomic mass is 16.5. The van der Waals surface area contributed by atoms with Crippen molar-refractivity contribution in [1.82, 2.24) is 4.90 Å². The molecule has 0 unspecified atom stereocenters. The third-order valence-electron chi connectivity index (χ3n) is 3.15. The molecule has 4 heteroatoms. The molecule has 106 valence electrons. The van der Waals surface area contributed by atoms with Gasteiger partial charge < -0.3 is 15.4 Å². The number of nitrogens with zero attached hydrogens (tertiary/aromatic N) is 1. The molecule has 0 heterocycles. The molecule has 1 aromatic carbocycles. The van der Waals surface area contributed by atoms with Crippen molar-refractivity contribution in [1.29, 1.82) is 0 Å². The third kappa shape index (κ3) is 4.24. The quantitative estimate of drug-likeness (QED) is 0.905. The van der Waals surface area contributed by atoms with E-state index in [2.05, 4.69) is 0 Å². The topological polar surface area (TPSA) is 55.6 Å². The zero-order valence-electron chi connectivity index (χ0n) is 12.4. The molecule has 0 aliphatic carbocycles. The molecule has 0 aromatic heterocycles. The number of carbonyl (C=O) groups excluding carboxylic acids is 1. The Balaban J connectivity index is 2.68. The lowest BCUT2D eigenvalue weighted by Crippen LogP contribution is -2.48. The van der Waals surface area contributed by atoms with Crippen LogP contribution in [-0.2, 0) is 11.3 Å². The summed E-state index contributed by atoms with van der Waals surface area (Å²) in [5, 5.41) is 0. The summed E-state index contributed by atoms with van der Waals surface area (Å²) in [6.45, 7) is 6.46. The summed E-state index contributed by atoms with van der Waals surface area (Å²) < 4.78 is 5.10. The highest BCUT2D eigenvalue weighted by Gasteiger charge is 2.29. The molecule has 0 radical (unpaired) electrons. The van der Waals surface area contributed by atoms with Crippen molar-refractivity contribution >= 4 is 5.91 Å². The van der Waals surface area contributed by atoms with Gasteiger partial charge in [0, 0.05) is 13.6 Å². The fourth-order valence-electron chi connectivity index (χ4n) is 1.69. The number of hydrogen-bond donors (Lipinski definition) is 1. The second-order valence-corrected chi connectivity index (χ2v) is 5.89. The first-order valence-electron chi connectivity index (χ1n) is 6.39. The average Bonchev–Trinajstić information content (AvgIpc) is 2.36. The molecular formula is C15H24N2O2. The maximum Gasteiger partial charge on any atom is 0.240 e. The van der Waals surface area contributed by atoms with Gasteiger partial charge in [0.25, 0.3) is 0 Å². The SMILES string of the molecule is COc1ccc(CN(C)C(=O)[C@@H](N)C(C)(C)C)cc1. The van der Waals surface area contributed by atoms with Gasteiger partial charge in [-0.1, -0.05) is 32.9 Å². The van der Waals surface area contributed by atoms with Crippen LogP contribution in [0.2, 0.25) is 0 Å². The van der Waals surface area contributed by atoms with Crippen LogP contribution >= 0.6 is 0 Å². The lowest BCUT2D eigenvalue weighted by molar-refractivity contribution is -0.134. The van der Waals surface area contributed by atoms with Crippen molar-refractivity contribution in [2.24, 2.45) is 11.1 Å². The average molecular weight is 264 g/mol. The second kappa shape index (κ2) is 6.06. The van der Waals surface area contributed by atoms with Crippen LogP contribution in [0.5, 0.6) is 5.75 Å². The van der Waals surface area contributed by atoms with E-state index in [4.69, 9.17) is 10.5 Å². The van der Waals surface area contributed by atoms with Gasteiger partial charge in [0.05, 0.1) is 13.2 Å². The zero-order valence-corrected chi connectivity index (χ0v) is 12.4. The van der Waals surface area contributed by atoms with Gasteiger partial charge in [0.2, 0.25) is 5.91 Å². The molecule has 1 aromatic rings. The number of hydrogen-bond acceptors (Lipinski definition) is 3. The first-order valence-corrected chi connectivity index (χ1v) is 6.39. The highest BCUT2D eigenvalue weighted by Crippen LogP contribution is 2.20. The number of ether oxygens (including phenoxy) is 1. The van der Waals surface area contributed by atoms with Gasteiger partial charge in [0.15, 0.2) is 0 Å². The maximum absolute atomic E-state index is 12.2. The van der Waals surface area contributed by atoms with E-state index in [-0.39, 0.29) is 11.3 Å². The Morgan fingerprint density at radius 1 is 1.32 bits per heavy atom. The summed E-state index contributed by atoms with van der Waals surface area (Å²) in [6.07, 6.45) is 0. The van der Waals surface area contributed by atoms with E-state index in [9.17, 15) is 4.79 Å². The number of carbonyl (C=O) groups is 1. The Morgan fingerprint density at radius 2 is 1.84 bits per heavy atom. The third-order valence-corrected chi connectivity index (χ3v) is 3.15. The number of benzene rings is 1. The summed E-state index contributed by atoms with van der Waals surface area (Å²) in [6, 6.07) is 7.18. The second-order valence-electron chi connectivity index (χ2n) is 5.89. The van der Waals surface area contributed by atoms with Crippen LogP contribution in [0.15, 0.2) is 24.3 Å². The first-order chi connectivity index (χ1) is 8.75. The molecule has 0 saturated carbocycles. The predicted molar refractivity (Wildman–Crippen MR) is 76.9 cm³/mol. The van der Waals surface area contributed by atoms with E-state index in [0.29, 0.717) is 6.54 Å². The summed E-state index contributed by atoms with van der Waals surface area (Å²) in [7, 11) is 3.41. The molecule has 2 N–H and O–H groups in total. The lowest BCUT2D eigenvalue weighted by atomic mass is 9.86. The molecule has 0 aliphatic heterocycles. The first kappa shape index (κ1) is 15.5. The van der Waals surface area contributed by atoms with Crippen LogP contribution in [0.1, 0.15) is 26.3 Å². The Kier molecular flexibility index (Phi) is 4.95. The van der Waals surface area contributed by atoms with Crippen molar-refractivity contribution < 1.29 is 9.53 Å². The Hall–Kier alpha value is -1.55. The van der Waals surface area contributed by atoms with E-state index in [1.165, 1.54) is 0 Å². The summed E-state index contributed by atoms with van der Waals surface area (Å²) in [5.41, 5.74) is 6.81. The Labute approximate surface area is 115 Å². The van der Waals surface area contributed by atoms with Gasteiger partial charge in [0.1, 0.15) is 5.75 Å². The number of methoxy groups -OCH3 is 1. The number of amides is 1. The summed E-state index contributed by atoms with van der Waals surface area (Å²) in [4.78, 5) is 13.9. The molecule has 0 saturated heterocycles. The molecule has 19 heavy (non-hydrogen) atoms. The van der Waals surface area contributed by atoms with Gasteiger partial charge >= 0.3 is 0 Å². The van der Waals surface area contributed by atoms with E-state index in [0.717, 1.165) is 11.3 Å². The highest BCUT2D eigenvalue weighted by molar-refractivity contribution is 5.82. The van der Waals surface area contributed by atoms with Gasteiger partial charge in [-0.15, -0.1) is 0 Å². The van der Waals surface area contributed by atoms with Gasteiger partial charge in [-0.2, -0.15) is 0 Å². The Morgan fingerprint density at radius 3 is 2.26 bits per heavy atom. The molecular weight excluding hydrogens is 240 g/mol. The standard InChI is InChI=1S/C15H24N2O2/c1-15(2,3)13(16)14(18)17(4)10-11-6-8-12(19-5)9-7-11/h6-9,13H,10,16H2,1-5H3/t13-/m1/s1. The van der Waals surface area contributed by atoms with Crippen LogP contribution in [0, 0.1) is 5.41 Å². The van der Waals surface area contributed by atoms with E-state index < -0.39 is 6.04 Å². The van der Waals surface area contributed by atoms with Crippen LogP contribution in [0.4, 0.5) is 0 Å². The molecule has 0 fully saturated rings. The molecule has 0 aliphatic rings. The molecule has 1 amide bonds. The van der Waals surface area contributed by atoms with E-state index in [1.807, 2.05) is 45.0 Å². The zero-order chi connectivity index (χ0) is 14.6. The largest absolute Gasteiger partial charge is 0.497 e. The van der Waals surface area contributed by atoms with Crippen LogP contribution in [0.3, 0.4) is 0 Å². The lowest BCUT2D eigenvalue weighted by Gasteiger charge is -2.30. The number of nitrogens with two attached hydrogens (primary N) is 1. The van der Waals surface area contributed by atoms with E-state index >= 15 is 0 Å². The maximum atomic E-state index is 12.2. The van der Waals surface area contributed by atoms with Crippen LogP contribution < -0.4 is 10.5 Å². The molecule has 1 rings (SSSR count). The number of rotatable bonds is 4. The van der Waals surface area contributed by atoms with Crippen molar-refractivity contribution in [3.05, 3.63) is 29.8 Å². The van der Waals surface area contributed by atoms with Gasteiger partial charge in [-0.05, 0) is 23.1 Å². The predicted octanol–water partition coefficient (Wildman–Crippen LogP) is 2.03. The number of likely N-dealkylation sites (N-methyl/N-ethyl adjacent to an activating group) is 1. The summed E-state index contributed by atoms with van der Waals surface area (Å²) in [5.74, 6) is 0.771. The molecule has 1 atom stereocenters.